The zero-order valence-electron chi connectivity index (χ0n) is 15.4. The van der Waals surface area contributed by atoms with Crippen molar-refractivity contribution in [3.05, 3.63) is 65.5 Å². The fraction of sp³-hybridized carbons (Fsp3) is 0.286. The molecule has 2 aromatic carbocycles. The van der Waals surface area contributed by atoms with Gasteiger partial charge in [0.15, 0.2) is 0 Å². The minimum absolute atomic E-state index is 0.0494. The van der Waals surface area contributed by atoms with Crippen LogP contribution in [-0.2, 0) is 11.2 Å². The number of rotatable bonds is 6. The molecule has 1 amide bonds. The summed E-state index contributed by atoms with van der Waals surface area (Å²) in [4.78, 5) is 14.4. The average Bonchev–Trinajstić information content (AvgIpc) is 3.10. The molecule has 0 N–H and O–H groups in total. The summed E-state index contributed by atoms with van der Waals surface area (Å²) in [7, 11) is 0. The molecule has 3 rings (SSSR count). The molecule has 1 heterocycles. The van der Waals surface area contributed by atoms with Gasteiger partial charge in [-0.05, 0) is 50.6 Å². The van der Waals surface area contributed by atoms with Gasteiger partial charge in [0.2, 0.25) is 17.7 Å². The van der Waals surface area contributed by atoms with Crippen LogP contribution in [0, 0.1) is 13.8 Å². The molecular formula is C21H23N3O2. The Morgan fingerprint density at radius 3 is 2.46 bits per heavy atom. The largest absolute Gasteiger partial charge is 0.421 e. The molecule has 134 valence electrons. The molecule has 5 nitrogen and oxygen atoms in total. The number of carbonyl (C=O) groups excluding carboxylic acids is 1. The van der Waals surface area contributed by atoms with E-state index in [9.17, 15) is 4.79 Å². The number of benzene rings is 2. The quantitative estimate of drug-likeness (QED) is 0.664. The Bertz CT molecular complexity index is 902. The molecule has 0 aliphatic heterocycles. The molecule has 0 atom stereocenters. The third-order valence-corrected chi connectivity index (χ3v) is 4.22. The van der Waals surface area contributed by atoms with E-state index in [1.165, 1.54) is 0 Å². The van der Waals surface area contributed by atoms with E-state index >= 15 is 0 Å². The van der Waals surface area contributed by atoms with Crippen LogP contribution in [0.1, 0.15) is 30.4 Å². The number of anilines is 1. The predicted molar refractivity (Wildman–Crippen MR) is 102 cm³/mol. The van der Waals surface area contributed by atoms with Crippen molar-refractivity contribution >= 4 is 11.6 Å². The Morgan fingerprint density at radius 1 is 1.04 bits per heavy atom. The Morgan fingerprint density at radius 2 is 1.77 bits per heavy atom. The van der Waals surface area contributed by atoms with Crippen molar-refractivity contribution in [2.75, 3.05) is 11.4 Å². The summed E-state index contributed by atoms with van der Waals surface area (Å²) in [6, 6.07) is 15.9. The maximum Gasteiger partial charge on any atom is 0.247 e. The monoisotopic (exact) mass is 349 g/mol. The molecule has 0 spiro atoms. The first kappa shape index (κ1) is 17.9. The lowest BCUT2D eigenvalue weighted by atomic mass is 10.1. The maximum absolute atomic E-state index is 12.6. The van der Waals surface area contributed by atoms with Crippen LogP contribution in [0.2, 0.25) is 0 Å². The lowest BCUT2D eigenvalue weighted by Gasteiger charge is -2.21. The summed E-state index contributed by atoms with van der Waals surface area (Å²) in [6.07, 6.45) is 0.761. The van der Waals surface area contributed by atoms with Crippen LogP contribution in [0.5, 0.6) is 0 Å². The summed E-state index contributed by atoms with van der Waals surface area (Å²) in [5, 5.41) is 8.18. The van der Waals surface area contributed by atoms with Crippen LogP contribution in [0.4, 0.5) is 5.69 Å². The second-order valence-electron chi connectivity index (χ2n) is 6.35. The van der Waals surface area contributed by atoms with E-state index in [1.54, 1.807) is 4.90 Å². The van der Waals surface area contributed by atoms with Gasteiger partial charge in [0.25, 0.3) is 0 Å². The fourth-order valence-electron chi connectivity index (χ4n) is 2.90. The minimum Gasteiger partial charge on any atom is -0.421 e. The number of nitrogens with zero attached hydrogens (tertiary/aromatic N) is 3. The molecule has 0 saturated heterocycles. The van der Waals surface area contributed by atoms with Gasteiger partial charge in [0.1, 0.15) is 0 Å². The molecular weight excluding hydrogens is 326 g/mol. The third-order valence-electron chi connectivity index (χ3n) is 4.22. The smallest absolute Gasteiger partial charge is 0.247 e. The lowest BCUT2D eigenvalue weighted by Crippen LogP contribution is -2.30. The molecule has 1 aromatic heterocycles. The Hall–Kier alpha value is -2.95. The third kappa shape index (κ3) is 4.17. The minimum atomic E-state index is 0.0494. The molecule has 0 saturated carbocycles. The second-order valence-corrected chi connectivity index (χ2v) is 6.35. The summed E-state index contributed by atoms with van der Waals surface area (Å²) in [5.74, 6) is 1.02. The van der Waals surface area contributed by atoms with Crippen molar-refractivity contribution in [2.45, 2.75) is 33.6 Å². The van der Waals surface area contributed by atoms with Crippen LogP contribution in [0.3, 0.4) is 0 Å². The lowest BCUT2D eigenvalue weighted by molar-refractivity contribution is -0.118. The van der Waals surface area contributed by atoms with E-state index in [1.807, 2.05) is 69.3 Å². The number of hydrogen-bond acceptors (Lipinski definition) is 4. The highest BCUT2D eigenvalue weighted by Gasteiger charge is 2.16. The van der Waals surface area contributed by atoms with Crippen molar-refractivity contribution in [1.29, 1.82) is 0 Å². The fourth-order valence-corrected chi connectivity index (χ4v) is 2.90. The molecule has 0 aliphatic rings. The topological polar surface area (TPSA) is 59.2 Å². The molecule has 5 heteroatoms. The highest BCUT2D eigenvalue weighted by molar-refractivity contribution is 5.93. The van der Waals surface area contributed by atoms with Gasteiger partial charge in [-0.1, -0.05) is 29.8 Å². The Kier molecular flexibility index (Phi) is 5.46. The van der Waals surface area contributed by atoms with E-state index in [0.717, 1.165) is 22.4 Å². The van der Waals surface area contributed by atoms with Gasteiger partial charge in [-0.15, -0.1) is 10.2 Å². The zero-order chi connectivity index (χ0) is 18.5. The van der Waals surface area contributed by atoms with Gasteiger partial charge < -0.3 is 9.32 Å². The van der Waals surface area contributed by atoms with Crippen LogP contribution in [0.15, 0.2) is 52.9 Å². The Labute approximate surface area is 153 Å². The van der Waals surface area contributed by atoms with E-state index in [2.05, 4.69) is 10.2 Å². The number of amides is 1. The van der Waals surface area contributed by atoms with Crippen LogP contribution in [-0.4, -0.2) is 22.6 Å². The van der Waals surface area contributed by atoms with E-state index < -0.39 is 0 Å². The maximum atomic E-state index is 12.6. The van der Waals surface area contributed by atoms with Crippen molar-refractivity contribution < 1.29 is 9.21 Å². The molecule has 0 aliphatic carbocycles. The van der Waals surface area contributed by atoms with Gasteiger partial charge >= 0.3 is 0 Å². The van der Waals surface area contributed by atoms with Gasteiger partial charge in [-0.25, -0.2) is 0 Å². The summed E-state index contributed by atoms with van der Waals surface area (Å²) in [6.45, 7) is 6.64. The first-order chi connectivity index (χ1) is 12.6. The Balaban J connectivity index is 1.66. The van der Waals surface area contributed by atoms with Crippen molar-refractivity contribution in [1.82, 2.24) is 10.2 Å². The van der Waals surface area contributed by atoms with Crippen LogP contribution < -0.4 is 4.90 Å². The molecule has 0 radical (unpaired) electrons. The molecule has 0 bridgehead atoms. The van der Waals surface area contributed by atoms with Crippen LogP contribution >= 0.6 is 0 Å². The highest BCUT2D eigenvalue weighted by atomic mass is 16.4. The van der Waals surface area contributed by atoms with Gasteiger partial charge in [-0.2, -0.15) is 0 Å². The highest BCUT2D eigenvalue weighted by Crippen LogP contribution is 2.20. The van der Waals surface area contributed by atoms with Gasteiger partial charge in [0, 0.05) is 30.6 Å². The van der Waals surface area contributed by atoms with Crippen molar-refractivity contribution in [3.8, 4) is 11.5 Å². The van der Waals surface area contributed by atoms with Gasteiger partial charge in [0.05, 0.1) is 0 Å². The predicted octanol–water partition coefficient (Wildman–Crippen LogP) is 4.34. The second kappa shape index (κ2) is 7.95. The van der Waals surface area contributed by atoms with E-state index in [-0.39, 0.29) is 5.91 Å². The average molecular weight is 349 g/mol. The normalized spacial score (nSPS) is 10.7. The molecule has 0 unspecified atom stereocenters. The van der Waals surface area contributed by atoms with Crippen LogP contribution in [0.25, 0.3) is 11.5 Å². The van der Waals surface area contributed by atoms with Crippen molar-refractivity contribution in [2.24, 2.45) is 0 Å². The molecule has 26 heavy (non-hydrogen) atoms. The molecule has 3 aromatic rings. The number of carbonyl (C=O) groups is 1. The van der Waals surface area contributed by atoms with E-state index in [0.29, 0.717) is 31.2 Å². The summed E-state index contributed by atoms with van der Waals surface area (Å²) < 4.78 is 5.72. The summed E-state index contributed by atoms with van der Waals surface area (Å²) in [5.41, 5.74) is 4.08. The SMILES string of the molecule is CCN(C(=O)CCc1nnc(-c2cccc(C)c2)o1)c1cccc(C)c1. The standard InChI is InChI=1S/C21H23N3O2/c1-4-24(18-10-6-8-16(3)14-18)20(25)12-11-19-22-23-21(26-19)17-9-5-7-15(2)13-17/h5-10,13-14H,4,11-12H2,1-3H3. The number of aromatic nitrogens is 2. The first-order valence-corrected chi connectivity index (χ1v) is 8.83. The number of hydrogen-bond donors (Lipinski definition) is 0. The zero-order valence-corrected chi connectivity index (χ0v) is 15.4. The summed E-state index contributed by atoms with van der Waals surface area (Å²) >= 11 is 0. The molecule has 0 fully saturated rings. The number of aryl methyl sites for hydroxylation is 3. The van der Waals surface area contributed by atoms with Gasteiger partial charge in [-0.3, -0.25) is 4.79 Å². The van der Waals surface area contributed by atoms with Crippen molar-refractivity contribution in [3.63, 3.8) is 0 Å². The first-order valence-electron chi connectivity index (χ1n) is 8.83. The van der Waals surface area contributed by atoms with E-state index in [4.69, 9.17) is 4.42 Å².